The maximum Gasteiger partial charge on any atom is 0.269 e. The van der Waals surface area contributed by atoms with Crippen LogP contribution in [0.5, 0.6) is 0 Å². The molecule has 3 nitrogen and oxygen atoms in total. The second-order valence-corrected chi connectivity index (χ2v) is 12.5. The van der Waals surface area contributed by atoms with Crippen molar-refractivity contribution < 1.29 is 4.92 Å². The van der Waals surface area contributed by atoms with Crippen LogP contribution in [-0.2, 0) is 5.41 Å². The summed E-state index contributed by atoms with van der Waals surface area (Å²) in [5.74, 6) is 4.90. The van der Waals surface area contributed by atoms with E-state index < -0.39 is 0 Å². The Hall–Kier alpha value is -1.38. The Morgan fingerprint density at radius 3 is 1.69 bits per heavy atom. The summed E-state index contributed by atoms with van der Waals surface area (Å²) in [6, 6.07) is 7.79. The molecule has 8 saturated carbocycles. The first-order valence-corrected chi connectivity index (χ1v) is 12.2. The normalized spacial score (nSPS) is 51.5. The van der Waals surface area contributed by atoms with Gasteiger partial charge < -0.3 is 0 Å². The van der Waals surface area contributed by atoms with E-state index in [-0.39, 0.29) is 10.6 Å². The SMILES string of the molecule is O=[N+]([O-])c1ccc(C23CC4CC(C2)CC(C25CC6CC(CC(C6)C2)C5)(C4)C3)cc1. The number of hydrogen-bond acceptors (Lipinski definition) is 2. The molecule has 8 bridgehead atoms. The third-order valence-corrected chi connectivity index (χ3v) is 10.9. The van der Waals surface area contributed by atoms with Crippen molar-refractivity contribution in [1.82, 2.24) is 0 Å². The Morgan fingerprint density at radius 1 is 0.690 bits per heavy atom. The second kappa shape index (κ2) is 5.45. The highest BCUT2D eigenvalue weighted by Gasteiger charge is 2.67. The summed E-state index contributed by atoms with van der Waals surface area (Å²) in [5.41, 5.74) is 3.20. The molecule has 1 aromatic carbocycles. The molecule has 2 atom stereocenters. The molecule has 3 heteroatoms. The van der Waals surface area contributed by atoms with Gasteiger partial charge in [-0.15, -0.1) is 0 Å². The van der Waals surface area contributed by atoms with Crippen molar-refractivity contribution in [3.8, 4) is 0 Å². The summed E-state index contributed by atoms with van der Waals surface area (Å²) >= 11 is 0. The van der Waals surface area contributed by atoms with Crippen molar-refractivity contribution in [2.75, 3.05) is 0 Å². The standard InChI is InChI=1S/C26H33NO2/c28-27(29)23-3-1-22(2-4-23)24-9-20-8-21(10-24)15-26(14-20,16-24)25-11-17-5-18(12-25)7-19(6-17)13-25/h1-4,17-21H,5-16H2. The Kier molecular flexibility index (Phi) is 3.25. The van der Waals surface area contributed by atoms with Gasteiger partial charge in [0.2, 0.25) is 0 Å². The van der Waals surface area contributed by atoms with Crippen LogP contribution in [0.15, 0.2) is 24.3 Å². The number of nitro benzene ring substituents is 1. The lowest BCUT2D eigenvalue weighted by Gasteiger charge is -2.72. The van der Waals surface area contributed by atoms with Crippen molar-refractivity contribution in [2.24, 2.45) is 40.4 Å². The summed E-state index contributed by atoms with van der Waals surface area (Å²) in [5, 5.41) is 11.2. The van der Waals surface area contributed by atoms with Crippen LogP contribution in [0.4, 0.5) is 5.69 Å². The Bertz CT molecular complexity index is 822. The van der Waals surface area contributed by atoms with Gasteiger partial charge in [0.05, 0.1) is 4.92 Å². The van der Waals surface area contributed by atoms with E-state index in [4.69, 9.17) is 0 Å². The highest BCUT2D eigenvalue weighted by Crippen LogP contribution is 2.77. The van der Waals surface area contributed by atoms with Crippen LogP contribution < -0.4 is 0 Å². The predicted octanol–water partition coefficient (Wildman–Crippen LogP) is 6.65. The Labute approximate surface area is 173 Å². The first kappa shape index (κ1) is 17.3. The molecular weight excluding hydrogens is 358 g/mol. The van der Waals surface area contributed by atoms with Crippen LogP contribution in [0, 0.1) is 50.5 Å². The van der Waals surface area contributed by atoms with Crippen molar-refractivity contribution in [1.29, 1.82) is 0 Å². The van der Waals surface area contributed by atoms with Crippen LogP contribution in [0.25, 0.3) is 0 Å². The van der Waals surface area contributed by atoms with Crippen molar-refractivity contribution >= 4 is 5.69 Å². The first-order valence-electron chi connectivity index (χ1n) is 12.2. The summed E-state index contributed by atoms with van der Waals surface area (Å²) in [4.78, 5) is 10.9. The number of non-ortho nitro benzene ring substituents is 1. The van der Waals surface area contributed by atoms with Gasteiger partial charge in [-0.25, -0.2) is 0 Å². The van der Waals surface area contributed by atoms with E-state index in [1.54, 1.807) is 12.1 Å². The number of hydrogen-bond donors (Lipinski definition) is 0. The van der Waals surface area contributed by atoms with Gasteiger partial charge in [-0.1, -0.05) is 12.1 Å². The number of nitrogens with zero attached hydrogens (tertiary/aromatic N) is 1. The molecule has 0 N–H and O–H groups in total. The lowest BCUT2D eigenvalue weighted by molar-refractivity contribution is -0.384. The number of nitro groups is 1. The molecule has 8 aliphatic carbocycles. The molecule has 0 radical (unpaired) electrons. The fraction of sp³-hybridized carbons (Fsp3) is 0.769. The molecule has 0 heterocycles. The summed E-state index contributed by atoms with van der Waals surface area (Å²) in [6.07, 6.45) is 17.8. The minimum atomic E-state index is -0.250. The Balaban J connectivity index is 1.30. The molecule has 0 aromatic heterocycles. The zero-order valence-corrected chi connectivity index (χ0v) is 17.4. The molecule has 0 spiro atoms. The quantitative estimate of drug-likeness (QED) is 0.428. The van der Waals surface area contributed by atoms with Crippen LogP contribution >= 0.6 is 0 Å². The molecule has 1 aromatic rings. The van der Waals surface area contributed by atoms with Crippen LogP contribution in [0.3, 0.4) is 0 Å². The fourth-order valence-corrected chi connectivity index (χ4v) is 10.9. The molecule has 2 unspecified atom stereocenters. The van der Waals surface area contributed by atoms with Gasteiger partial charge in [0.1, 0.15) is 0 Å². The predicted molar refractivity (Wildman–Crippen MR) is 112 cm³/mol. The molecule has 0 saturated heterocycles. The van der Waals surface area contributed by atoms with Crippen molar-refractivity contribution in [3.05, 3.63) is 39.9 Å². The smallest absolute Gasteiger partial charge is 0.258 e. The highest BCUT2D eigenvalue weighted by atomic mass is 16.6. The molecule has 0 amide bonds. The molecule has 154 valence electrons. The van der Waals surface area contributed by atoms with Crippen molar-refractivity contribution in [3.63, 3.8) is 0 Å². The molecule has 8 fully saturated rings. The highest BCUT2D eigenvalue weighted by molar-refractivity contribution is 5.39. The average Bonchev–Trinajstić information content (AvgIpc) is 2.66. The topological polar surface area (TPSA) is 43.1 Å². The lowest BCUT2D eigenvalue weighted by atomic mass is 9.32. The first-order chi connectivity index (χ1) is 14.0. The van der Waals surface area contributed by atoms with E-state index >= 15 is 0 Å². The van der Waals surface area contributed by atoms with Crippen LogP contribution in [0.1, 0.15) is 82.6 Å². The summed E-state index contributed by atoms with van der Waals surface area (Å²) in [6.45, 7) is 0. The van der Waals surface area contributed by atoms with E-state index in [1.807, 2.05) is 0 Å². The molecule has 0 aliphatic heterocycles. The molecular formula is C26H33NO2. The largest absolute Gasteiger partial charge is 0.269 e. The molecule has 29 heavy (non-hydrogen) atoms. The lowest BCUT2D eigenvalue weighted by Crippen LogP contribution is -2.63. The van der Waals surface area contributed by atoms with Crippen LogP contribution in [0.2, 0.25) is 0 Å². The monoisotopic (exact) mass is 391 g/mol. The maximum atomic E-state index is 11.2. The van der Waals surface area contributed by atoms with E-state index in [2.05, 4.69) is 12.1 Å². The summed E-state index contributed by atoms with van der Waals surface area (Å²) < 4.78 is 0. The zero-order valence-electron chi connectivity index (χ0n) is 17.4. The fourth-order valence-electron chi connectivity index (χ4n) is 10.9. The molecule has 9 rings (SSSR count). The third kappa shape index (κ3) is 2.25. The van der Waals surface area contributed by atoms with E-state index in [9.17, 15) is 10.1 Å². The second-order valence-electron chi connectivity index (χ2n) is 12.5. The summed E-state index contributed by atoms with van der Waals surface area (Å²) in [7, 11) is 0. The minimum Gasteiger partial charge on any atom is -0.258 e. The third-order valence-electron chi connectivity index (χ3n) is 10.9. The average molecular weight is 392 g/mol. The van der Waals surface area contributed by atoms with Gasteiger partial charge in [0.25, 0.3) is 5.69 Å². The van der Waals surface area contributed by atoms with Gasteiger partial charge in [-0.05, 0) is 128 Å². The Morgan fingerprint density at radius 2 is 1.17 bits per heavy atom. The van der Waals surface area contributed by atoms with Gasteiger partial charge >= 0.3 is 0 Å². The van der Waals surface area contributed by atoms with E-state index in [0.29, 0.717) is 16.2 Å². The zero-order chi connectivity index (χ0) is 19.4. The number of rotatable bonds is 3. The maximum absolute atomic E-state index is 11.2. The van der Waals surface area contributed by atoms with Gasteiger partial charge in [0, 0.05) is 12.1 Å². The van der Waals surface area contributed by atoms with E-state index in [0.717, 1.165) is 29.6 Å². The van der Waals surface area contributed by atoms with E-state index in [1.165, 1.54) is 82.6 Å². The minimum absolute atomic E-state index is 0.245. The van der Waals surface area contributed by atoms with Gasteiger partial charge in [-0.2, -0.15) is 0 Å². The molecule has 8 aliphatic rings. The van der Waals surface area contributed by atoms with Gasteiger partial charge in [0.15, 0.2) is 0 Å². The van der Waals surface area contributed by atoms with Crippen molar-refractivity contribution in [2.45, 2.75) is 82.5 Å². The van der Waals surface area contributed by atoms with Crippen LogP contribution in [-0.4, -0.2) is 4.92 Å². The van der Waals surface area contributed by atoms with Gasteiger partial charge in [-0.3, -0.25) is 10.1 Å². The number of benzene rings is 1.